The molecular weight excluding hydrogens is 354 g/mol. The quantitative estimate of drug-likeness (QED) is 0.411. The largest absolute Gasteiger partial charge is 0.377 e. The van der Waals surface area contributed by atoms with E-state index in [0.29, 0.717) is 17.9 Å². The van der Waals surface area contributed by atoms with Crippen LogP contribution in [0.3, 0.4) is 0 Å². The number of hydrogen-bond acceptors (Lipinski definition) is 4. The number of hydrogen-bond donors (Lipinski definition) is 1. The van der Waals surface area contributed by atoms with E-state index < -0.39 is 0 Å². The summed E-state index contributed by atoms with van der Waals surface area (Å²) < 4.78 is 6.05. The van der Waals surface area contributed by atoms with Crippen LogP contribution in [0, 0.1) is 0 Å². The van der Waals surface area contributed by atoms with Crippen molar-refractivity contribution in [3.05, 3.63) is 71.3 Å². The third kappa shape index (κ3) is 7.19. The van der Waals surface area contributed by atoms with E-state index in [-0.39, 0.29) is 0 Å². The molecule has 0 heterocycles. The van der Waals surface area contributed by atoms with Crippen molar-refractivity contribution in [1.29, 1.82) is 0 Å². The maximum atomic E-state index is 6.05. The van der Waals surface area contributed by atoms with Gasteiger partial charge in [-0.25, -0.2) is 0 Å². The number of benzene rings is 2. The normalized spacial score (nSPS) is 16.1. The summed E-state index contributed by atoms with van der Waals surface area (Å²) in [5.41, 5.74) is 9.31. The Labute approximate surface area is 165 Å². The van der Waals surface area contributed by atoms with E-state index in [1.54, 1.807) is 6.21 Å². The predicted octanol–water partition coefficient (Wildman–Crippen LogP) is 5.12. The Morgan fingerprint density at radius 1 is 1.04 bits per heavy atom. The summed E-state index contributed by atoms with van der Waals surface area (Å²) in [6.07, 6.45) is 8.46. The predicted molar refractivity (Wildman–Crippen MR) is 115 cm³/mol. The maximum Gasteiger partial charge on any atom is 0.180 e. The lowest BCUT2D eigenvalue weighted by Gasteiger charge is -2.22. The van der Waals surface area contributed by atoms with Crippen molar-refractivity contribution in [2.45, 2.75) is 50.6 Å². The SMILES string of the molecule is NC(=NN=Cc1cccc(COC2CCCCC2)c1)SCc1ccccc1. The van der Waals surface area contributed by atoms with E-state index in [4.69, 9.17) is 10.5 Å². The molecule has 0 aliphatic heterocycles. The average molecular weight is 382 g/mol. The molecule has 2 aromatic rings. The molecule has 0 spiro atoms. The molecule has 0 saturated heterocycles. The molecule has 142 valence electrons. The molecular formula is C22H27N3OS. The summed E-state index contributed by atoms with van der Waals surface area (Å²) in [6, 6.07) is 18.4. The Kier molecular flexibility index (Phi) is 7.93. The van der Waals surface area contributed by atoms with Crippen LogP contribution in [0.1, 0.15) is 48.8 Å². The van der Waals surface area contributed by atoms with Crippen LogP contribution < -0.4 is 5.73 Å². The zero-order valence-electron chi connectivity index (χ0n) is 15.6. The molecule has 1 aliphatic rings. The molecule has 0 radical (unpaired) electrons. The van der Waals surface area contributed by atoms with Gasteiger partial charge in [0.2, 0.25) is 0 Å². The zero-order valence-corrected chi connectivity index (χ0v) is 16.4. The van der Waals surface area contributed by atoms with Gasteiger partial charge in [-0.3, -0.25) is 0 Å². The summed E-state index contributed by atoms with van der Waals surface area (Å²) in [7, 11) is 0. The first-order valence-electron chi connectivity index (χ1n) is 9.53. The van der Waals surface area contributed by atoms with Crippen molar-refractivity contribution in [2.75, 3.05) is 0 Å². The van der Waals surface area contributed by atoms with E-state index in [9.17, 15) is 0 Å². The molecule has 0 amide bonds. The van der Waals surface area contributed by atoms with E-state index in [1.165, 1.54) is 55.0 Å². The highest BCUT2D eigenvalue weighted by molar-refractivity contribution is 8.13. The molecule has 27 heavy (non-hydrogen) atoms. The number of nitrogens with zero attached hydrogens (tertiary/aromatic N) is 2. The second kappa shape index (κ2) is 10.9. The van der Waals surface area contributed by atoms with Gasteiger partial charge in [0.05, 0.1) is 18.9 Å². The summed E-state index contributed by atoms with van der Waals surface area (Å²) >= 11 is 1.49. The van der Waals surface area contributed by atoms with Crippen molar-refractivity contribution >= 4 is 23.1 Å². The van der Waals surface area contributed by atoms with Gasteiger partial charge >= 0.3 is 0 Å². The molecule has 0 atom stereocenters. The van der Waals surface area contributed by atoms with Crippen molar-refractivity contribution < 1.29 is 4.74 Å². The Morgan fingerprint density at radius 3 is 2.63 bits per heavy atom. The van der Waals surface area contributed by atoms with Gasteiger partial charge in [0.15, 0.2) is 5.17 Å². The van der Waals surface area contributed by atoms with Crippen LogP contribution >= 0.6 is 11.8 Å². The Bertz CT molecular complexity index is 755. The second-order valence-corrected chi connectivity index (χ2v) is 7.77. The van der Waals surface area contributed by atoms with Gasteiger partial charge in [-0.05, 0) is 35.6 Å². The van der Waals surface area contributed by atoms with Crippen LogP contribution in [-0.2, 0) is 17.1 Å². The van der Waals surface area contributed by atoms with Gasteiger partial charge in [0.25, 0.3) is 0 Å². The number of thioether (sulfide) groups is 1. The lowest BCUT2D eigenvalue weighted by Crippen LogP contribution is -2.16. The van der Waals surface area contributed by atoms with Crippen molar-refractivity contribution in [2.24, 2.45) is 15.9 Å². The number of rotatable bonds is 7. The molecule has 0 bridgehead atoms. The van der Waals surface area contributed by atoms with Gasteiger partial charge in [-0.15, -0.1) is 5.10 Å². The number of nitrogens with two attached hydrogens (primary N) is 1. The fourth-order valence-corrected chi connectivity index (χ4v) is 3.73. The third-order valence-electron chi connectivity index (χ3n) is 4.58. The molecule has 1 fully saturated rings. The smallest absolute Gasteiger partial charge is 0.180 e. The molecule has 4 nitrogen and oxygen atoms in total. The molecule has 2 N–H and O–H groups in total. The van der Waals surface area contributed by atoms with E-state index in [0.717, 1.165) is 11.3 Å². The molecule has 3 rings (SSSR count). The second-order valence-electron chi connectivity index (χ2n) is 6.77. The minimum Gasteiger partial charge on any atom is -0.377 e. The first-order valence-corrected chi connectivity index (χ1v) is 10.5. The minimum atomic E-state index is 0.419. The number of ether oxygens (including phenoxy) is 1. The van der Waals surface area contributed by atoms with E-state index in [1.807, 2.05) is 30.3 Å². The molecule has 1 saturated carbocycles. The highest BCUT2D eigenvalue weighted by Gasteiger charge is 2.13. The third-order valence-corrected chi connectivity index (χ3v) is 5.44. The van der Waals surface area contributed by atoms with E-state index >= 15 is 0 Å². The van der Waals surface area contributed by atoms with E-state index in [2.05, 4.69) is 34.5 Å². The van der Waals surface area contributed by atoms with Gasteiger partial charge in [0, 0.05) is 5.75 Å². The Hall–Kier alpha value is -2.11. The highest BCUT2D eigenvalue weighted by atomic mass is 32.2. The minimum absolute atomic E-state index is 0.419. The van der Waals surface area contributed by atoms with Gasteiger partial charge in [-0.1, -0.05) is 79.6 Å². The molecule has 1 aliphatic carbocycles. The van der Waals surface area contributed by atoms with Crippen molar-refractivity contribution in [3.63, 3.8) is 0 Å². The summed E-state index contributed by atoms with van der Waals surface area (Å²) in [5.74, 6) is 0.791. The Balaban J connectivity index is 1.47. The molecule has 0 aromatic heterocycles. The van der Waals surface area contributed by atoms with Crippen LogP contribution in [0.4, 0.5) is 0 Å². The monoisotopic (exact) mass is 381 g/mol. The van der Waals surface area contributed by atoms with Gasteiger partial charge in [-0.2, -0.15) is 5.10 Å². The van der Waals surface area contributed by atoms with Crippen LogP contribution in [0.2, 0.25) is 0 Å². The van der Waals surface area contributed by atoms with Crippen molar-refractivity contribution in [3.8, 4) is 0 Å². The summed E-state index contributed by atoms with van der Waals surface area (Å²) in [6.45, 7) is 0.657. The van der Waals surface area contributed by atoms with Crippen LogP contribution in [-0.4, -0.2) is 17.5 Å². The fraction of sp³-hybridized carbons (Fsp3) is 0.364. The Morgan fingerprint density at radius 2 is 1.81 bits per heavy atom. The standard InChI is InChI=1S/C22H27N3OS/c23-22(27-17-18-8-3-1-4-9-18)25-24-15-19-10-7-11-20(14-19)16-26-21-12-5-2-6-13-21/h1,3-4,7-11,14-15,21H,2,5-6,12-13,16-17H2,(H2,23,25). The lowest BCUT2D eigenvalue weighted by molar-refractivity contribution is 0.0169. The average Bonchev–Trinajstić information content (AvgIpc) is 2.73. The molecule has 2 aromatic carbocycles. The van der Waals surface area contributed by atoms with Crippen LogP contribution in [0.15, 0.2) is 64.8 Å². The zero-order chi connectivity index (χ0) is 18.7. The lowest BCUT2D eigenvalue weighted by atomic mass is 9.98. The topological polar surface area (TPSA) is 60.0 Å². The summed E-state index contributed by atoms with van der Waals surface area (Å²) in [4.78, 5) is 0. The molecule has 5 heteroatoms. The fourth-order valence-electron chi connectivity index (χ4n) is 3.12. The summed E-state index contributed by atoms with van der Waals surface area (Å²) in [5, 5.41) is 8.67. The van der Waals surface area contributed by atoms with Crippen LogP contribution in [0.25, 0.3) is 0 Å². The first kappa shape index (κ1) is 19.6. The van der Waals surface area contributed by atoms with Gasteiger partial charge in [0.1, 0.15) is 0 Å². The molecule has 0 unspecified atom stereocenters. The van der Waals surface area contributed by atoms with Crippen LogP contribution in [0.5, 0.6) is 0 Å². The van der Waals surface area contributed by atoms with Crippen molar-refractivity contribution in [1.82, 2.24) is 0 Å². The maximum absolute atomic E-state index is 6.05. The van der Waals surface area contributed by atoms with Gasteiger partial charge < -0.3 is 10.5 Å². The highest BCUT2D eigenvalue weighted by Crippen LogP contribution is 2.21. The first-order chi connectivity index (χ1) is 13.3. The number of amidine groups is 1.